The van der Waals surface area contributed by atoms with Crippen molar-refractivity contribution in [2.75, 3.05) is 11.5 Å². The van der Waals surface area contributed by atoms with Crippen LogP contribution in [-0.4, -0.2) is 40.3 Å². The molecule has 0 bridgehead atoms. The van der Waals surface area contributed by atoms with Gasteiger partial charge < -0.3 is 8.37 Å². The van der Waals surface area contributed by atoms with Crippen molar-refractivity contribution in [1.29, 1.82) is 0 Å². The molecule has 0 fully saturated rings. The molecule has 0 aliphatic heterocycles. The molecule has 0 heterocycles. The van der Waals surface area contributed by atoms with Gasteiger partial charge in [-0.05, 0) is 24.7 Å². The summed E-state index contributed by atoms with van der Waals surface area (Å²) in [5, 5.41) is 0. The Balaban J connectivity index is 4.53. The first kappa shape index (κ1) is 28.8. The molecule has 0 N–H and O–H groups in total. The standard InChI is InChI=1S/C20H38O8S2/c1-5-9-11-17(7-3)15-29(23,24)27-19(21)13-14-20(22)28-30(25,26)16-18(8-4)12-10-6-2/h17-18H,5-16H2,1-4H3. The van der Waals surface area contributed by atoms with E-state index in [0.29, 0.717) is 12.8 Å². The van der Waals surface area contributed by atoms with Crippen LogP contribution in [0, 0.1) is 11.8 Å². The highest BCUT2D eigenvalue weighted by atomic mass is 32.2. The molecule has 30 heavy (non-hydrogen) atoms. The second kappa shape index (κ2) is 14.8. The molecule has 0 aromatic heterocycles. The van der Waals surface area contributed by atoms with E-state index in [9.17, 15) is 26.4 Å². The monoisotopic (exact) mass is 470 g/mol. The maximum absolute atomic E-state index is 12.0. The molecule has 0 saturated heterocycles. The highest BCUT2D eigenvalue weighted by Crippen LogP contribution is 2.18. The minimum absolute atomic E-state index is 0.0999. The molecule has 0 radical (unpaired) electrons. The summed E-state index contributed by atoms with van der Waals surface area (Å²) in [6, 6.07) is 0. The van der Waals surface area contributed by atoms with Crippen molar-refractivity contribution < 1.29 is 34.8 Å². The molecule has 0 spiro atoms. The number of hydrogen-bond donors (Lipinski definition) is 0. The quantitative estimate of drug-likeness (QED) is 0.293. The average molecular weight is 471 g/mol. The third-order valence-electron chi connectivity index (χ3n) is 4.94. The maximum Gasteiger partial charge on any atom is 0.322 e. The van der Waals surface area contributed by atoms with Crippen molar-refractivity contribution in [1.82, 2.24) is 0 Å². The Labute approximate surface area is 182 Å². The second-order valence-electron chi connectivity index (χ2n) is 7.69. The van der Waals surface area contributed by atoms with Gasteiger partial charge in [0.05, 0.1) is 24.3 Å². The van der Waals surface area contributed by atoms with Crippen molar-refractivity contribution in [3.8, 4) is 0 Å². The summed E-state index contributed by atoms with van der Waals surface area (Å²) in [7, 11) is -8.11. The van der Waals surface area contributed by atoms with Gasteiger partial charge in [0.25, 0.3) is 0 Å². The van der Waals surface area contributed by atoms with Crippen molar-refractivity contribution in [2.45, 2.75) is 91.9 Å². The van der Waals surface area contributed by atoms with E-state index in [1.54, 1.807) is 0 Å². The first-order valence-corrected chi connectivity index (χ1v) is 14.0. The van der Waals surface area contributed by atoms with Crippen LogP contribution in [0.25, 0.3) is 0 Å². The average Bonchev–Trinajstić information content (AvgIpc) is 2.65. The Hall–Kier alpha value is -1.16. The SMILES string of the molecule is CCCCC(CC)CS(=O)(=O)OC(=O)CCC(=O)OS(=O)(=O)CC(CC)CCCC. The third-order valence-corrected chi connectivity index (χ3v) is 7.58. The van der Waals surface area contributed by atoms with Gasteiger partial charge in [-0.1, -0.05) is 66.2 Å². The van der Waals surface area contributed by atoms with Crippen LogP contribution in [0.5, 0.6) is 0 Å². The van der Waals surface area contributed by atoms with Crippen LogP contribution in [0.2, 0.25) is 0 Å². The van der Waals surface area contributed by atoms with Crippen molar-refractivity contribution in [2.24, 2.45) is 11.8 Å². The topological polar surface area (TPSA) is 121 Å². The van der Waals surface area contributed by atoms with Crippen LogP contribution in [0.15, 0.2) is 0 Å². The van der Waals surface area contributed by atoms with E-state index in [-0.39, 0.29) is 23.3 Å². The molecule has 0 rings (SSSR count). The zero-order chi connectivity index (χ0) is 23.2. The van der Waals surface area contributed by atoms with Crippen LogP contribution in [0.4, 0.5) is 0 Å². The molecule has 0 aliphatic rings. The zero-order valence-electron chi connectivity index (χ0n) is 18.7. The fourth-order valence-electron chi connectivity index (χ4n) is 3.01. The fourth-order valence-corrected chi connectivity index (χ4v) is 5.84. The number of carbonyl (C=O) groups excluding carboxylic acids is 2. The third kappa shape index (κ3) is 14.0. The van der Waals surface area contributed by atoms with Gasteiger partial charge >= 0.3 is 32.2 Å². The summed E-state index contributed by atoms with van der Waals surface area (Å²) < 4.78 is 57.2. The van der Waals surface area contributed by atoms with Crippen molar-refractivity contribution in [3.05, 3.63) is 0 Å². The Morgan fingerprint density at radius 1 is 0.667 bits per heavy atom. The molecule has 0 aliphatic carbocycles. The molecule has 0 amide bonds. The molecule has 0 aromatic carbocycles. The smallest absolute Gasteiger partial charge is 0.322 e. The lowest BCUT2D eigenvalue weighted by molar-refractivity contribution is -0.140. The summed E-state index contributed by atoms with van der Waals surface area (Å²) in [6.07, 6.45) is 5.29. The van der Waals surface area contributed by atoms with Crippen LogP contribution in [0.3, 0.4) is 0 Å². The summed E-state index contributed by atoms with van der Waals surface area (Å²) in [4.78, 5) is 23.6. The minimum atomic E-state index is -4.05. The lowest BCUT2D eigenvalue weighted by Crippen LogP contribution is -2.23. The predicted molar refractivity (Wildman–Crippen MR) is 116 cm³/mol. The van der Waals surface area contributed by atoms with Crippen molar-refractivity contribution >= 4 is 32.2 Å². The normalized spacial score (nSPS) is 14.1. The largest absolute Gasteiger partial charge is 0.346 e. The molecule has 0 saturated carbocycles. The minimum Gasteiger partial charge on any atom is -0.346 e. The van der Waals surface area contributed by atoms with E-state index in [0.717, 1.165) is 38.5 Å². The van der Waals surface area contributed by atoms with E-state index in [4.69, 9.17) is 0 Å². The van der Waals surface area contributed by atoms with E-state index >= 15 is 0 Å². The van der Waals surface area contributed by atoms with Gasteiger partial charge in [0.2, 0.25) is 0 Å². The molecular weight excluding hydrogens is 432 g/mol. The molecule has 178 valence electrons. The lowest BCUT2D eigenvalue weighted by Gasteiger charge is -2.15. The number of hydrogen-bond acceptors (Lipinski definition) is 8. The Morgan fingerprint density at radius 2 is 1.00 bits per heavy atom. The van der Waals surface area contributed by atoms with Gasteiger partial charge in [0.1, 0.15) is 0 Å². The van der Waals surface area contributed by atoms with Gasteiger partial charge in [-0.25, -0.2) is 0 Å². The molecule has 2 atom stereocenters. The summed E-state index contributed by atoms with van der Waals surface area (Å²) in [5.41, 5.74) is 0. The number of rotatable bonds is 17. The second-order valence-corrected chi connectivity index (χ2v) is 10.9. The Kier molecular flexibility index (Phi) is 14.2. The van der Waals surface area contributed by atoms with E-state index in [1.807, 2.05) is 27.7 Å². The van der Waals surface area contributed by atoms with E-state index in [1.165, 1.54) is 0 Å². The molecule has 10 heteroatoms. The lowest BCUT2D eigenvalue weighted by atomic mass is 10.0. The number of carbonyl (C=O) groups is 2. The predicted octanol–water partition coefficient (Wildman–Crippen LogP) is 3.95. The highest BCUT2D eigenvalue weighted by Gasteiger charge is 2.25. The Bertz CT molecular complexity index is 651. The first-order valence-electron chi connectivity index (χ1n) is 10.9. The van der Waals surface area contributed by atoms with Crippen LogP contribution in [0.1, 0.15) is 91.9 Å². The summed E-state index contributed by atoms with van der Waals surface area (Å²) >= 11 is 0. The van der Waals surface area contributed by atoms with Gasteiger partial charge in [-0.2, -0.15) is 16.8 Å². The van der Waals surface area contributed by atoms with E-state index in [2.05, 4.69) is 8.37 Å². The highest BCUT2D eigenvalue weighted by molar-refractivity contribution is 7.87. The first-order chi connectivity index (χ1) is 14.0. The summed E-state index contributed by atoms with van der Waals surface area (Å²) in [5.74, 6) is -2.91. The van der Waals surface area contributed by atoms with Crippen molar-refractivity contribution in [3.63, 3.8) is 0 Å². The number of unbranched alkanes of at least 4 members (excludes halogenated alkanes) is 2. The van der Waals surface area contributed by atoms with Gasteiger partial charge in [-0.15, -0.1) is 0 Å². The zero-order valence-corrected chi connectivity index (χ0v) is 20.4. The van der Waals surface area contributed by atoms with Gasteiger partial charge in [0, 0.05) is 0 Å². The molecular formula is C20H38O8S2. The van der Waals surface area contributed by atoms with Crippen LogP contribution in [-0.2, 0) is 38.2 Å². The molecule has 8 nitrogen and oxygen atoms in total. The maximum atomic E-state index is 12.0. The fraction of sp³-hybridized carbons (Fsp3) is 0.900. The van der Waals surface area contributed by atoms with E-state index < -0.39 is 45.0 Å². The van der Waals surface area contributed by atoms with Crippen LogP contribution >= 0.6 is 0 Å². The Morgan fingerprint density at radius 3 is 1.27 bits per heavy atom. The van der Waals surface area contributed by atoms with Crippen LogP contribution < -0.4 is 0 Å². The summed E-state index contributed by atoms with van der Waals surface area (Å²) in [6.45, 7) is 7.77. The molecule has 0 aromatic rings. The van der Waals surface area contributed by atoms with Gasteiger partial charge in [0.15, 0.2) is 0 Å². The molecule has 2 unspecified atom stereocenters. The van der Waals surface area contributed by atoms with Gasteiger partial charge in [-0.3, -0.25) is 9.59 Å².